The number of nitrogens with zero attached hydrogens (tertiary/aromatic N) is 2. The molecule has 5 rings (SSSR count). The van der Waals surface area contributed by atoms with E-state index in [1.807, 2.05) is 55.3 Å². The predicted octanol–water partition coefficient (Wildman–Crippen LogP) is 6.01. The lowest BCUT2D eigenvalue weighted by Gasteiger charge is -2.40. The number of rotatable bonds is 6. The van der Waals surface area contributed by atoms with Gasteiger partial charge in [-0.25, -0.2) is 4.79 Å². The fraction of sp³-hybridized carbons (Fsp3) is 0.242. The summed E-state index contributed by atoms with van der Waals surface area (Å²) in [5, 5.41) is 10.3. The molecule has 4 aromatic rings. The number of carboxylic acid groups (broad SMARTS) is 1. The van der Waals surface area contributed by atoms with Crippen LogP contribution in [0.5, 0.6) is 0 Å². The van der Waals surface area contributed by atoms with Crippen LogP contribution in [0.15, 0.2) is 78.9 Å². The van der Waals surface area contributed by atoms with Gasteiger partial charge in [0.05, 0.1) is 16.7 Å². The Labute approximate surface area is 228 Å². The second kappa shape index (κ2) is 10.4. The monoisotopic (exact) mass is 520 g/mol. The molecule has 0 atom stereocenters. The van der Waals surface area contributed by atoms with E-state index in [-0.39, 0.29) is 17.3 Å². The van der Waals surface area contributed by atoms with Crippen LogP contribution < -0.4 is 0 Å². The van der Waals surface area contributed by atoms with Gasteiger partial charge in [-0.15, -0.1) is 0 Å². The summed E-state index contributed by atoms with van der Waals surface area (Å²) in [6, 6.07) is 22.9. The lowest BCUT2D eigenvalue weighted by atomic mass is 9.70. The Bertz CT molecular complexity index is 1590. The summed E-state index contributed by atoms with van der Waals surface area (Å²) in [5.41, 5.74) is 5.52. The Kier molecular flexibility index (Phi) is 6.96. The molecule has 2 heterocycles. The van der Waals surface area contributed by atoms with Crippen molar-refractivity contribution in [3.63, 3.8) is 0 Å². The minimum atomic E-state index is -0.970. The van der Waals surface area contributed by atoms with E-state index in [4.69, 9.17) is 0 Å². The first-order valence-electron chi connectivity index (χ1n) is 13.2. The number of piperidine rings is 1. The Morgan fingerprint density at radius 1 is 0.923 bits per heavy atom. The SMILES string of the molecule is CC(=O)C1(c2ccccc2)CCN(C(=O)/C=C/c2c(-c3ccc(C(=O)O)cc3)n(C)c3ccc(C)cc23)CC1. The van der Waals surface area contributed by atoms with Crippen molar-refractivity contribution in [2.24, 2.45) is 7.05 Å². The number of carbonyl (C=O) groups is 3. The van der Waals surface area contributed by atoms with Gasteiger partial charge in [-0.1, -0.05) is 54.1 Å². The number of fused-ring (bicyclic) bond motifs is 1. The van der Waals surface area contributed by atoms with E-state index >= 15 is 0 Å². The molecule has 0 spiro atoms. The van der Waals surface area contributed by atoms with Crippen molar-refractivity contribution in [1.82, 2.24) is 9.47 Å². The molecule has 1 aromatic heterocycles. The van der Waals surface area contributed by atoms with Crippen LogP contribution in [0.1, 0.15) is 46.8 Å². The van der Waals surface area contributed by atoms with E-state index in [9.17, 15) is 19.5 Å². The average molecular weight is 521 g/mol. The second-order valence-corrected chi connectivity index (χ2v) is 10.4. The molecule has 1 fully saturated rings. The van der Waals surface area contributed by atoms with Gasteiger partial charge in [-0.05, 0) is 68.2 Å². The van der Waals surface area contributed by atoms with Crippen molar-refractivity contribution >= 4 is 34.6 Å². The lowest BCUT2D eigenvalue weighted by molar-refractivity contribution is -0.131. The quantitative estimate of drug-likeness (QED) is 0.316. The Morgan fingerprint density at radius 2 is 1.59 bits per heavy atom. The lowest BCUT2D eigenvalue weighted by Crippen LogP contribution is -2.48. The van der Waals surface area contributed by atoms with Gasteiger partial charge in [0.15, 0.2) is 0 Å². The summed E-state index contributed by atoms with van der Waals surface area (Å²) >= 11 is 0. The van der Waals surface area contributed by atoms with Gasteiger partial charge in [0.25, 0.3) is 0 Å². The Hall–Kier alpha value is -4.45. The van der Waals surface area contributed by atoms with Gasteiger partial charge in [-0.3, -0.25) is 9.59 Å². The normalized spacial score (nSPS) is 15.1. The third-order valence-corrected chi connectivity index (χ3v) is 8.12. The fourth-order valence-corrected chi connectivity index (χ4v) is 5.85. The molecule has 1 N–H and O–H groups in total. The number of hydrogen-bond donors (Lipinski definition) is 1. The van der Waals surface area contributed by atoms with Crippen molar-refractivity contribution in [3.05, 3.63) is 101 Å². The van der Waals surface area contributed by atoms with E-state index in [0.717, 1.165) is 38.9 Å². The number of aromatic carboxylic acids is 1. The largest absolute Gasteiger partial charge is 0.478 e. The molecular weight excluding hydrogens is 488 g/mol. The third kappa shape index (κ3) is 4.78. The molecule has 39 heavy (non-hydrogen) atoms. The van der Waals surface area contributed by atoms with Crippen molar-refractivity contribution < 1.29 is 19.5 Å². The fourth-order valence-electron chi connectivity index (χ4n) is 5.85. The minimum Gasteiger partial charge on any atom is -0.478 e. The van der Waals surface area contributed by atoms with Crippen molar-refractivity contribution in [2.45, 2.75) is 32.1 Å². The molecule has 1 aliphatic rings. The van der Waals surface area contributed by atoms with Crippen LogP contribution in [0.3, 0.4) is 0 Å². The van der Waals surface area contributed by atoms with Gasteiger partial charge in [0.2, 0.25) is 5.91 Å². The Morgan fingerprint density at radius 3 is 2.21 bits per heavy atom. The van der Waals surface area contributed by atoms with Crippen LogP contribution in [-0.2, 0) is 22.1 Å². The zero-order valence-electron chi connectivity index (χ0n) is 22.5. The molecule has 198 valence electrons. The van der Waals surface area contributed by atoms with Crippen LogP contribution in [0.2, 0.25) is 0 Å². The molecule has 1 aliphatic heterocycles. The predicted molar refractivity (Wildman–Crippen MR) is 154 cm³/mol. The van der Waals surface area contributed by atoms with Crippen molar-refractivity contribution in [1.29, 1.82) is 0 Å². The molecule has 0 saturated carbocycles. The maximum atomic E-state index is 13.3. The molecule has 0 radical (unpaired) electrons. The summed E-state index contributed by atoms with van der Waals surface area (Å²) in [6.45, 7) is 4.71. The van der Waals surface area contributed by atoms with Crippen LogP contribution >= 0.6 is 0 Å². The summed E-state index contributed by atoms with van der Waals surface area (Å²) in [7, 11) is 1.98. The first-order valence-corrected chi connectivity index (χ1v) is 13.2. The van der Waals surface area contributed by atoms with Crippen molar-refractivity contribution in [3.8, 4) is 11.3 Å². The van der Waals surface area contributed by atoms with E-state index in [1.54, 1.807) is 37.3 Å². The number of aromatic nitrogens is 1. The number of likely N-dealkylation sites (tertiary alicyclic amines) is 1. The highest BCUT2D eigenvalue weighted by atomic mass is 16.4. The van der Waals surface area contributed by atoms with Crippen LogP contribution in [0, 0.1) is 6.92 Å². The summed E-state index contributed by atoms with van der Waals surface area (Å²) in [4.78, 5) is 39.3. The molecule has 6 nitrogen and oxygen atoms in total. The number of benzene rings is 3. The molecule has 0 bridgehead atoms. The number of carbonyl (C=O) groups excluding carboxylic acids is 2. The van der Waals surface area contributed by atoms with Crippen LogP contribution in [0.25, 0.3) is 28.2 Å². The number of amides is 1. The number of carboxylic acids is 1. The summed E-state index contributed by atoms with van der Waals surface area (Å²) in [6.07, 6.45) is 4.69. The molecule has 3 aromatic carbocycles. The standard InChI is InChI=1S/C33H32N2O4/c1-22-9-15-29-28(21-22)27(31(34(29)3)24-10-12-25(13-11-24)32(38)39)14-16-30(37)35-19-17-33(18-20-35,23(2)36)26-7-5-4-6-8-26/h4-16,21H,17-20H2,1-3H3,(H,38,39)/b16-14+. The topological polar surface area (TPSA) is 79.6 Å². The van der Waals surface area contributed by atoms with Crippen molar-refractivity contribution in [2.75, 3.05) is 13.1 Å². The number of ketones is 1. The zero-order valence-corrected chi connectivity index (χ0v) is 22.5. The van der Waals surface area contributed by atoms with Gasteiger partial charge in [-0.2, -0.15) is 0 Å². The smallest absolute Gasteiger partial charge is 0.335 e. The molecule has 1 saturated heterocycles. The molecule has 1 amide bonds. The summed E-state index contributed by atoms with van der Waals surface area (Å²) in [5.74, 6) is -0.916. The highest BCUT2D eigenvalue weighted by molar-refractivity contribution is 6.02. The first kappa shape index (κ1) is 26.2. The van der Waals surface area contributed by atoms with Crippen LogP contribution in [-0.4, -0.2) is 45.3 Å². The van der Waals surface area contributed by atoms with E-state index < -0.39 is 11.4 Å². The third-order valence-electron chi connectivity index (χ3n) is 8.12. The Balaban J connectivity index is 1.45. The highest BCUT2D eigenvalue weighted by Gasteiger charge is 2.41. The van der Waals surface area contributed by atoms with Gasteiger partial charge in [0.1, 0.15) is 5.78 Å². The van der Waals surface area contributed by atoms with E-state index in [0.29, 0.717) is 25.9 Å². The number of aryl methyl sites for hydroxylation is 2. The first-order chi connectivity index (χ1) is 18.7. The maximum absolute atomic E-state index is 13.3. The van der Waals surface area contributed by atoms with Crippen LogP contribution in [0.4, 0.5) is 0 Å². The zero-order chi connectivity index (χ0) is 27.7. The minimum absolute atomic E-state index is 0.0861. The van der Waals surface area contributed by atoms with Gasteiger partial charge in [0, 0.05) is 42.7 Å². The van der Waals surface area contributed by atoms with E-state index in [2.05, 4.69) is 22.8 Å². The summed E-state index contributed by atoms with van der Waals surface area (Å²) < 4.78 is 2.08. The number of Topliss-reactive ketones (excluding diaryl/α,β-unsaturated/α-hetero) is 1. The number of hydrogen-bond acceptors (Lipinski definition) is 3. The molecular formula is C33H32N2O4. The van der Waals surface area contributed by atoms with Gasteiger partial charge >= 0.3 is 5.97 Å². The highest BCUT2D eigenvalue weighted by Crippen LogP contribution is 2.37. The second-order valence-electron chi connectivity index (χ2n) is 10.4. The van der Waals surface area contributed by atoms with Gasteiger partial charge < -0.3 is 14.6 Å². The molecule has 0 aliphatic carbocycles. The molecule has 0 unspecified atom stereocenters. The van der Waals surface area contributed by atoms with E-state index in [1.165, 1.54) is 0 Å². The molecule has 6 heteroatoms. The maximum Gasteiger partial charge on any atom is 0.335 e. The average Bonchev–Trinajstić information content (AvgIpc) is 3.22.